The fraction of sp³-hybridized carbons (Fsp3) is 0.250. The van der Waals surface area contributed by atoms with Crippen molar-refractivity contribution in [1.29, 1.82) is 0 Å². The molecule has 0 aromatic heterocycles. The minimum Gasteiger partial charge on any atom is -0.493 e. The summed E-state index contributed by atoms with van der Waals surface area (Å²) in [6.45, 7) is 0. The zero-order valence-electron chi connectivity index (χ0n) is 7.09. The molecule has 0 saturated carbocycles. The lowest BCUT2D eigenvalue weighted by Crippen LogP contribution is -2.13. The molecule has 1 aromatic carbocycles. The molecule has 1 radical (unpaired) electrons. The van der Waals surface area contributed by atoms with Crippen LogP contribution in [-0.2, 0) is 5.11 Å². The molecule has 3 nitrogen and oxygen atoms in total. The zero-order valence-corrected chi connectivity index (χ0v) is 9.36. The van der Waals surface area contributed by atoms with Gasteiger partial charge < -0.3 is 9.47 Å². The monoisotopic (exact) mass is 255 g/mol. The van der Waals surface area contributed by atoms with Crippen molar-refractivity contribution in [2.75, 3.05) is 7.11 Å². The van der Waals surface area contributed by atoms with Crippen molar-refractivity contribution in [3.05, 3.63) is 18.2 Å². The van der Waals surface area contributed by atoms with Crippen LogP contribution in [0.3, 0.4) is 0 Å². The lowest BCUT2D eigenvalue weighted by molar-refractivity contribution is 0.291. The Bertz CT molecular complexity index is 322. The highest BCUT2D eigenvalue weighted by Gasteiger charge is 2.23. The molecule has 0 bridgehead atoms. The van der Waals surface area contributed by atoms with Gasteiger partial charge in [-0.05, 0) is 46.9 Å². The lowest BCUT2D eigenvalue weighted by Gasteiger charge is -2.15. The normalized spacial score (nSPS) is 11.1. The largest absolute Gasteiger partial charge is 0.493 e. The van der Waals surface area contributed by atoms with Crippen LogP contribution in [-0.4, -0.2) is 11.1 Å². The summed E-state index contributed by atoms with van der Waals surface area (Å²) in [5.74, 6) is 0.217. The second-order valence-electron chi connectivity index (χ2n) is 2.36. The third-order valence-electron chi connectivity index (χ3n) is 1.36. The Morgan fingerprint density at radius 2 is 1.86 bits per heavy atom. The van der Waals surface area contributed by atoms with Gasteiger partial charge in [0.05, 0.1) is 7.11 Å². The number of methoxy groups -OCH3 is 1. The number of hydrogen-bond donors (Lipinski definition) is 0. The summed E-state index contributed by atoms with van der Waals surface area (Å²) in [6.07, 6.45) is 0. The van der Waals surface area contributed by atoms with Crippen molar-refractivity contribution < 1.29 is 14.6 Å². The molecular formula is C8H6Cl3O3. The third kappa shape index (κ3) is 3.33. The predicted molar refractivity (Wildman–Crippen MR) is 54.0 cm³/mol. The molecule has 0 aliphatic carbocycles. The van der Waals surface area contributed by atoms with Crippen LogP contribution in [0.1, 0.15) is 0 Å². The van der Waals surface area contributed by atoms with Crippen LogP contribution in [0.4, 0.5) is 0 Å². The van der Waals surface area contributed by atoms with E-state index >= 15 is 0 Å². The maximum absolute atomic E-state index is 10.9. The first-order chi connectivity index (χ1) is 6.42. The van der Waals surface area contributed by atoms with Gasteiger partial charge in [0.2, 0.25) is 0 Å². The average molecular weight is 256 g/mol. The molecule has 0 atom stereocenters. The highest BCUT2D eigenvalue weighted by atomic mass is 35.6. The maximum Gasteiger partial charge on any atom is 0.338 e. The second kappa shape index (κ2) is 4.34. The highest BCUT2D eigenvalue weighted by Crippen LogP contribution is 2.37. The standard InChI is InChI=1S/C8H6Cl3O3/c1-13-7-4-5(12)2-3-6(7)14-8(9,10)11/h2-4H,1H3. The molecule has 0 amide bonds. The van der Waals surface area contributed by atoms with Gasteiger partial charge in [-0.25, -0.2) is 0 Å². The molecule has 0 N–H and O–H groups in total. The van der Waals surface area contributed by atoms with Gasteiger partial charge >= 0.3 is 3.98 Å². The lowest BCUT2D eigenvalue weighted by atomic mass is 10.3. The molecule has 0 aliphatic heterocycles. The van der Waals surface area contributed by atoms with Gasteiger partial charge in [0.15, 0.2) is 17.2 Å². The van der Waals surface area contributed by atoms with Gasteiger partial charge in [0, 0.05) is 6.07 Å². The molecule has 0 heterocycles. The smallest absolute Gasteiger partial charge is 0.338 e. The van der Waals surface area contributed by atoms with E-state index in [1.807, 2.05) is 0 Å². The van der Waals surface area contributed by atoms with Crippen molar-refractivity contribution in [3.8, 4) is 17.2 Å². The Labute approximate surface area is 96.1 Å². The zero-order chi connectivity index (χ0) is 10.8. The number of benzene rings is 1. The highest BCUT2D eigenvalue weighted by molar-refractivity contribution is 6.66. The van der Waals surface area contributed by atoms with Crippen LogP contribution in [0, 0.1) is 0 Å². The number of hydrogen-bond acceptors (Lipinski definition) is 2. The third-order valence-corrected chi connectivity index (χ3v) is 1.59. The van der Waals surface area contributed by atoms with E-state index < -0.39 is 3.98 Å². The number of rotatable bonds is 2. The molecule has 0 aliphatic rings. The quantitative estimate of drug-likeness (QED) is 0.759. The van der Waals surface area contributed by atoms with Crippen molar-refractivity contribution in [2.24, 2.45) is 0 Å². The number of ether oxygens (including phenoxy) is 2. The summed E-state index contributed by atoms with van der Waals surface area (Å²) in [5, 5.41) is 10.9. The van der Waals surface area contributed by atoms with E-state index in [0.717, 1.165) is 0 Å². The molecule has 0 fully saturated rings. The van der Waals surface area contributed by atoms with Crippen molar-refractivity contribution in [2.45, 2.75) is 3.98 Å². The Morgan fingerprint density at radius 3 is 2.36 bits per heavy atom. The van der Waals surface area contributed by atoms with Gasteiger partial charge in [-0.3, -0.25) is 5.11 Å². The van der Waals surface area contributed by atoms with Gasteiger partial charge in [-0.15, -0.1) is 0 Å². The van der Waals surface area contributed by atoms with Crippen LogP contribution in [0.2, 0.25) is 0 Å². The van der Waals surface area contributed by atoms with Crippen molar-refractivity contribution in [1.82, 2.24) is 0 Å². The Balaban J connectivity index is 2.97. The van der Waals surface area contributed by atoms with Gasteiger partial charge in [0.25, 0.3) is 0 Å². The molecule has 0 spiro atoms. The van der Waals surface area contributed by atoms with E-state index in [0.29, 0.717) is 0 Å². The molecule has 1 aromatic rings. The van der Waals surface area contributed by atoms with E-state index in [2.05, 4.69) is 0 Å². The summed E-state index contributed by atoms with van der Waals surface area (Å²) < 4.78 is 7.90. The molecule has 0 unspecified atom stereocenters. The van der Waals surface area contributed by atoms with Crippen LogP contribution in [0.25, 0.3) is 0 Å². The number of alkyl halides is 3. The Kier molecular flexibility index (Phi) is 3.59. The molecule has 14 heavy (non-hydrogen) atoms. The van der Waals surface area contributed by atoms with Gasteiger partial charge in [-0.1, -0.05) is 0 Å². The van der Waals surface area contributed by atoms with E-state index in [1.165, 1.54) is 25.3 Å². The fourth-order valence-corrected chi connectivity index (χ4v) is 1.11. The van der Waals surface area contributed by atoms with E-state index in [4.69, 9.17) is 44.3 Å². The number of halogens is 3. The molecular weight excluding hydrogens is 250 g/mol. The SMILES string of the molecule is COc1cc([O])ccc1OC(Cl)(Cl)Cl. The topological polar surface area (TPSA) is 38.4 Å². The summed E-state index contributed by atoms with van der Waals surface area (Å²) in [6, 6.07) is 3.91. The first-order valence-electron chi connectivity index (χ1n) is 3.53. The van der Waals surface area contributed by atoms with Crippen LogP contribution in [0.15, 0.2) is 18.2 Å². The Morgan fingerprint density at radius 1 is 1.21 bits per heavy atom. The van der Waals surface area contributed by atoms with Crippen LogP contribution in [0.5, 0.6) is 17.2 Å². The van der Waals surface area contributed by atoms with Gasteiger partial charge in [0.1, 0.15) is 0 Å². The van der Waals surface area contributed by atoms with Crippen LogP contribution < -0.4 is 9.47 Å². The first kappa shape index (κ1) is 11.6. The van der Waals surface area contributed by atoms with E-state index in [-0.39, 0.29) is 17.2 Å². The maximum atomic E-state index is 10.9. The second-order valence-corrected chi connectivity index (χ2v) is 4.54. The first-order valence-corrected chi connectivity index (χ1v) is 4.66. The summed E-state index contributed by atoms with van der Waals surface area (Å²) >= 11 is 16.2. The minimum absolute atomic E-state index is 0.201. The molecule has 1 rings (SSSR count). The van der Waals surface area contributed by atoms with E-state index in [1.54, 1.807) is 0 Å². The molecule has 0 saturated heterocycles. The van der Waals surface area contributed by atoms with Crippen LogP contribution >= 0.6 is 34.8 Å². The molecule has 77 valence electrons. The van der Waals surface area contributed by atoms with Crippen molar-refractivity contribution >= 4 is 34.8 Å². The summed E-state index contributed by atoms with van der Waals surface area (Å²) in [7, 11) is 1.39. The van der Waals surface area contributed by atoms with E-state index in [9.17, 15) is 5.11 Å². The fourth-order valence-electron chi connectivity index (χ4n) is 0.857. The Hall–Kier alpha value is -0.510. The average Bonchev–Trinajstić information content (AvgIpc) is 2.06. The predicted octanol–water partition coefficient (Wildman–Crippen LogP) is 3.55. The summed E-state index contributed by atoms with van der Waals surface area (Å²) in [4.78, 5) is 0. The molecule has 6 heteroatoms. The minimum atomic E-state index is -1.88. The summed E-state index contributed by atoms with van der Waals surface area (Å²) in [5.41, 5.74) is 0. The van der Waals surface area contributed by atoms with Crippen molar-refractivity contribution in [3.63, 3.8) is 0 Å². The van der Waals surface area contributed by atoms with Gasteiger partial charge in [-0.2, -0.15) is 0 Å².